The number of guanidine groups is 1. The number of piperazine rings is 1. The van der Waals surface area contributed by atoms with Gasteiger partial charge in [-0.25, -0.2) is 4.99 Å². The third kappa shape index (κ3) is 6.10. The van der Waals surface area contributed by atoms with Crippen LogP contribution in [-0.4, -0.2) is 78.9 Å². The third-order valence-electron chi connectivity index (χ3n) is 5.37. The number of aliphatic imine (C=N–C) groups is 1. The van der Waals surface area contributed by atoms with E-state index in [0.717, 1.165) is 81.7 Å². The van der Waals surface area contributed by atoms with Crippen LogP contribution in [0.1, 0.15) is 36.8 Å². The van der Waals surface area contributed by atoms with Crippen molar-refractivity contribution in [1.82, 2.24) is 20.0 Å². The molecule has 158 valence electrons. The van der Waals surface area contributed by atoms with Crippen molar-refractivity contribution in [3.8, 4) is 0 Å². The zero-order valence-electron chi connectivity index (χ0n) is 17.4. The highest BCUT2D eigenvalue weighted by atomic mass is 127. The van der Waals surface area contributed by atoms with Crippen LogP contribution in [0.15, 0.2) is 15.5 Å². The molecule has 0 unspecified atom stereocenters. The van der Waals surface area contributed by atoms with Gasteiger partial charge < -0.3 is 19.5 Å². The number of amides is 1. The second-order valence-corrected chi connectivity index (χ2v) is 7.46. The van der Waals surface area contributed by atoms with E-state index in [-0.39, 0.29) is 29.9 Å². The number of furan rings is 1. The Morgan fingerprint density at radius 2 is 1.79 bits per heavy atom. The molecule has 0 aliphatic carbocycles. The molecule has 7 nitrogen and oxygen atoms in total. The molecule has 0 bridgehead atoms. The van der Waals surface area contributed by atoms with Crippen molar-refractivity contribution < 1.29 is 9.21 Å². The van der Waals surface area contributed by atoms with Gasteiger partial charge in [-0.1, -0.05) is 0 Å². The Labute approximate surface area is 185 Å². The number of nitrogens with one attached hydrogen (secondary N) is 1. The first-order valence-corrected chi connectivity index (χ1v) is 10.2. The number of hydrogen-bond acceptors (Lipinski definition) is 4. The summed E-state index contributed by atoms with van der Waals surface area (Å²) < 4.78 is 5.60. The first-order chi connectivity index (χ1) is 13.1. The molecule has 2 saturated heterocycles. The highest BCUT2D eigenvalue weighted by molar-refractivity contribution is 14.0. The largest absolute Gasteiger partial charge is 0.466 e. The highest BCUT2D eigenvalue weighted by Crippen LogP contribution is 2.15. The molecular weight excluding hydrogens is 469 g/mol. The van der Waals surface area contributed by atoms with E-state index >= 15 is 0 Å². The van der Waals surface area contributed by atoms with Crippen LogP contribution in [-0.2, 0) is 11.3 Å². The van der Waals surface area contributed by atoms with Crippen LogP contribution in [0.25, 0.3) is 0 Å². The van der Waals surface area contributed by atoms with Crippen LogP contribution < -0.4 is 5.32 Å². The maximum absolute atomic E-state index is 12.4. The van der Waals surface area contributed by atoms with Crippen LogP contribution >= 0.6 is 24.0 Å². The van der Waals surface area contributed by atoms with E-state index in [9.17, 15) is 4.79 Å². The maximum Gasteiger partial charge on any atom is 0.236 e. The van der Waals surface area contributed by atoms with Gasteiger partial charge in [-0.3, -0.25) is 9.69 Å². The molecule has 1 aromatic rings. The summed E-state index contributed by atoms with van der Waals surface area (Å²) in [7, 11) is 0. The van der Waals surface area contributed by atoms with Crippen LogP contribution in [0.4, 0.5) is 0 Å². The summed E-state index contributed by atoms with van der Waals surface area (Å²) in [5.74, 6) is 3.10. The molecule has 0 saturated carbocycles. The van der Waals surface area contributed by atoms with Crippen molar-refractivity contribution >= 4 is 35.8 Å². The summed E-state index contributed by atoms with van der Waals surface area (Å²) in [5, 5.41) is 3.40. The Balaban J connectivity index is 0.00000280. The Kier molecular flexibility index (Phi) is 9.07. The second-order valence-electron chi connectivity index (χ2n) is 7.46. The molecule has 3 heterocycles. The van der Waals surface area contributed by atoms with E-state index in [4.69, 9.17) is 9.41 Å². The molecule has 3 rings (SSSR count). The molecule has 0 spiro atoms. The fourth-order valence-corrected chi connectivity index (χ4v) is 3.80. The van der Waals surface area contributed by atoms with Gasteiger partial charge in [-0.15, -0.1) is 24.0 Å². The van der Waals surface area contributed by atoms with Crippen molar-refractivity contribution in [3.05, 3.63) is 23.2 Å². The fourth-order valence-electron chi connectivity index (χ4n) is 3.80. The van der Waals surface area contributed by atoms with E-state index in [0.29, 0.717) is 13.1 Å². The SMILES string of the molecule is CCNC(=NCc1cc(C)oc1C)N1CCN(CC(=O)N2CCCC2)CC1.I. The van der Waals surface area contributed by atoms with Gasteiger partial charge in [0.2, 0.25) is 5.91 Å². The standard InChI is InChI=1S/C20H33N5O2.HI/c1-4-21-20(22-14-18-13-16(2)27-17(18)3)25-11-9-23(10-12-25)15-19(26)24-7-5-6-8-24;/h13H,4-12,14-15H2,1-3H3,(H,21,22);1H. The Hall–Kier alpha value is -1.29. The monoisotopic (exact) mass is 503 g/mol. The number of halogens is 1. The van der Waals surface area contributed by atoms with E-state index < -0.39 is 0 Å². The predicted octanol–water partition coefficient (Wildman–Crippen LogP) is 2.22. The van der Waals surface area contributed by atoms with Gasteiger partial charge in [0.1, 0.15) is 11.5 Å². The highest BCUT2D eigenvalue weighted by Gasteiger charge is 2.24. The van der Waals surface area contributed by atoms with E-state index in [1.165, 1.54) is 0 Å². The Morgan fingerprint density at radius 1 is 1.11 bits per heavy atom. The third-order valence-corrected chi connectivity index (χ3v) is 5.37. The average Bonchev–Trinajstić information content (AvgIpc) is 3.29. The van der Waals surface area contributed by atoms with Crippen LogP contribution in [0, 0.1) is 13.8 Å². The lowest BCUT2D eigenvalue weighted by Crippen LogP contribution is -2.54. The summed E-state index contributed by atoms with van der Waals surface area (Å²) >= 11 is 0. The van der Waals surface area contributed by atoms with Crippen molar-refractivity contribution in [2.24, 2.45) is 4.99 Å². The van der Waals surface area contributed by atoms with Crippen molar-refractivity contribution in [2.75, 3.05) is 52.4 Å². The maximum atomic E-state index is 12.4. The van der Waals surface area contributed by atoms with E-state index in [1.54, 1.807) is 0 Å². The quantitative estimate of drug-likeness (QED) is 0.380. The van der Waals surface area contributed by atoms with Gasteiger partial charge >= 0.3 is 0 Å². The molecule has 1 aromatic heterocycles. The van der Waals surface area contributed by atoms with Gasteiger partial charge in [0.05, 0.1) is 13.1 Å². The van der Waals surface area contributed by atoms with Gasteiger partial charge in [0.25, 0.3) is 0 Å². The summed E-state index contributed by atoms with van der Waals surface area (Å²) in [4.78, 5) is 23.7. The van der Waals surface area contributed by atoms with E-state index in [1.807, 2.05) is 18.7 Å². The lowest BCUT2D eigenvalue weighted by Gasteiger charge is -2.36. The molecule has 8 heteroatoms. The summed E-state index contributed by atoms with van der Waals surface area (Å²) in [5.41, 5.74) is 1.14. The smallest absolute Gasteiger partial charge is 0.236 e. The van der Waals surface area contributed by atoms with Gasteiger partial charge in [-0.05, 0) is 39.7 Å². The van der Waals surface area contributed by atoms with Crippen molar-refractivity contribution in [3.63, 3.8) is 0 Å². The minimum absolute atomic E-state index is 0. The van der Waals surface area contributed by atoms with Gasteiger partial charge in [-0.2, -0.15) is 0 Å². The number of nitrogens with zero attached hydrogens (tertiary/aromatic N) is 4. The van der Waals surface area contributed by atoms with Crippen LogP contribution in [0.2, 0.25) is 0 Å². The number of aryl methyl sites for hydroxylation is 2. The first-order valence-electron chi connectivity index (χ1n) is 10.2. The second kappa shape index (κ2) is 11.0. The molecule has 2 aliphatic heterocycles. The minimum Gasteiger partial charge on any atom is -0.466 e. The molecule has 0 aromatic carbocycles. The number of likely N-dealkylation sites (tertiary alicyclic amines) is 1. The van der Waals surface area contributed by atoms with Crippen LogP contribution in [0.5, 0.6) is 0 Å². The minimum atomic E-state index is 0. The van der Waals surface area contributed by atoms with Crippen LogP contribution in [0.3, 0.4) is 0 Å². The Morgan fingerprint density at radius 3 is 2.36 bits per heavy atom. The van der Waals surface area contributed by atoms with E-state index in [2.05, 4.69) is 28.1 Å². The normalized spacial score (nSPS) is 18.3. The van der Waals surface area contributed by atoms with Crippen molar-refractivity contribution in [1.29, 1.82) is 0 Å². The average molecular weight is 503 g/mol. The molecule has 1 amide bonds. The number of rotatable bonds is 5. The lowest BCUT2D eigenvalue weighted by molar-refractivity contribution is -0.131. The number of carbonyl (C=O) groups is 1. The summed E-state index contributed by atoms with van der Waals surface area (Å²) in [6.07, 6.45) is 2.30. The molecule has 2 aliphatic rings. The molecule has 28 heavy (non-hydrogen) atoms. The molecule has 1 N–H and O–H groups in total. The lowest BCUT2D eigenvalue weighted by atomic mass is 10.2. The topological polar surface area (TPSA) is 64.3 Å². The first kappa shape index (κ1) is 23.0. The van der Waals surface area contributed by atoms with Gasteiger partial charge in [0, 0.05) is 51.4 Å². The van der Waals surface area contributed by atoms with Gasteiger partial charge in [0.15, 0.2) is 5.96 Å². The number of hydrogen-bond donors (Lipinski definition) is 1. The Bertz CT molecular complexity index is 662. The zero-order valence-corrected chi connectivity index (χ0v) is 19.7. The summed E-state index contributed by atoms with van der Waals surface area (Å²) in [6.45, 7) is 13.5. The fraction of sp³-hybridized carbons (Fsp3) is 0.700. The molecular formula is C20H34IN5O2. The molecule has 2 fully saturated rings. The summed E-state index contributed by atoms with van der Waals surface area (Å²) in [6, 6.07) is 2.06. The molecule has 0 atom stereocenters. The molecule has 0 radical (unpaired) electrons. The zero-order chi connectivity index (χ0) is 19.2. The number of carbonyl (C=O) groups excluding carboxylic acids is 1. The van der Waals surface area contributed by atoms with Crippen molar-refractivity contribution in [2.45, 2.75) is 40.2 Å². The predicted molar refractivity (Wildman–Crippen MR) is 122 cm³/mol.